The highest BCUT2D eigenvalue weighted by molar-refractivity contribution is 5.83. The van der Waals surface area contributed by atoms with Crippen molar-refractivity contribution < 1.29 is 24.9 Å². The number of hydrogen-bond donors (Lipinski definition) is 3. The number of carbonyl (C=O) groups is 2. The van der Waals surface area contributed by atoms with Gasteiger partial charge in [0.05, 0.1) is 6.42 Å². The molecule has 0 rings (SSSR count). The predicted molar refractivity (Wildman–Crippen MR) is 39.7 cm³/mol. The highest BCUT2D eigenvalue weighted by Crippen LogP contribution is 2.17. The van der Waals surface area contributed by atoms with Crippen molar-refractivity contribution >= 4 is 11.9 Å². The summed E-state index contributed by atoms with van der Waals surface area (Å²) in [5, 5.41) is 26.1. The first-order valence-electron chi connectivity index (χ1n) is 3.60. The normalized spacial score (nSPS) is 15.2. The van der Waals surface area contributed by atoms with Crippen molar-refractivity contribution in [1.29, 1.82) is 0 Å². The van der Waals surface area contributed by atoms with Gasteiger partial charge in [-0.2, -0.15) is 0 Å². The van der Waals surface area contributed by atoms with Crippen LogP contribution in [0.15, 0.2) is 0 Å². The van der Waals surface area contributed by atoms with Crippen LogP contribution in [0.3, 0.4) is 0 Å². The Balaban J connectivity index is 4.38. The second-order valence-corrected chi connectivity index (χ2v) is 2.66. The molecule has 1 atom stereocenters. The monoisotopic (exact) mass is 176 g/mol. The Hall–Kier alpha value is -1.10. The fraction of sp³-hybridized carbons (Fsp3) is 0.714. The Labute approximate surface area is 69.6 Å². The van der Waals surface area contributed by atoms with Crippen molar-refractivity contribution in [2.75, 3.05) is 0 Å². The summed E-state index contributed by atoms with van der Waals surface area (Å²) < 4.78 is 0. The zero-order valence-electron chi connectivity index (χ0n) is 6.78. The van der Waals surface area contributed by atoms with Crippen LogP contribution >= 0.6 is 0 Å². The molecule has 0 aromatic heterocycles. The lowest BCUT2D eigenvalue weighted by molar-refractivity contribution is -0.166. The summed E-state index contributed by atoms with van der Waals surface area (Å²) in [6.07, 6.45) is -0.374. The first kappa shape index (κ1) is 10.9. The maximum absolute atomic E-state index is 10.4. The molecule has 0 saturated carbocycles. The van der Waals surface area contributed by atoms with Crippen LogP contribution in [-0.2, 0) is 9.59 Å². The fourth-order valence-electron chi connectivity index (χ4n) is 0.935. The molecule has 0 aromatic rings. The van der Waals surface area contributed by atoms with Crippen LogP contribution in [0.25, 0.3) is 0 Å². The average Bonchev–Trinajstić information content (AvgIpc) is 1.85. The molecule has 3 N–H and O–H groups in total. The van der Waals surface area contributed by atoms with Gasteiger partial charge in [0.1, 0.15) is 0 Å². The molecule has 0 aliphatic heterocycles. The SMILES string of the molecule is CCC[C@](O)(CC(=O)O)C(=O)O. The molecule has 5 nitrogen and oxygen atoms in total. The Bertz CT molecular complexity index is 188. The van der Waals surface area contributed by atoms with Crippen molar-refractivity contribution in [3.8, 4) is 0 Å². The van der Waals surface area contributed by atoms with Crippen LogP contribution < -0.4 is 0 Å². The summed E-state index contributed by atoms with van der Waals surface area (Å²) in [6, 6.07) is 0. The highest BCUT2D eigenvalue weighted by Gasteiger charge is 2.37. The Morgan fingerprint density at radius 3 is 2.08 bits per heavy atom. The topological polar surface area (TPSA) is 94.8 Å². The number of hydrogen-bond acceptors (Lipinski definition) is 3. The zero-order valence-corrected chi connectivity index (χ0v) is 6.78. The van der Waals surface area contributed by atoms with Gasteiger partial charge < -0.3 is 15.3 Å². The molecule has 0 unspecified atom stereocenters. The van der Waals surface area contributed by atoms with E-state index in [4.69, 9.17) is 10.2 Å². The molecule has 5 heteroatoms. The average molecular weight is 176 g/mol. The maximum atomic E-state index is 10.4. The van der Waals surface area contributed by atoms with Crippen molar-refractivity contribution in [1.82, 2.24) is 0 Å². The molecule has 0 fully saturated rings. The third-order valence-corrected chi connectivity index (χ3v) is 1.51. The van der Waals surface area contributed by atoms with Gasteiger partial charge in [-0.1, -0.05) is 13.3 Å². The third kappa shape index (κ3) is 2.87. The summed E-state index contributed by atoms with van der Waals surface area (Å²) in [6.45, 7) is 1.68. The molecule has 0 amide bonds. The molecular weight excluding hydrogens is 164 g/mol. The standard InChI is InChI=1S/C7H12O5/c1-2-3-7(12,6(10)11)4-5(8)9/h12H,2-4H2,1H3,(H,8,9)(H,10,11)/t7-/m0/s1. The lowest BCUT2D eigenvalue weighted by Crippen LogP contribution is -2.40. The van der Waals surface area contributed by atoms with Gasteiger partial charge >= 0.3 is 11.9 Å². The van der Waals surface area contributed by atoms with Crippen LogP contribution in [0.1, 0.15) is 26.2 Å². The van der Waals surface area contributed by atoms with E-state index in [1.807, 2.05) is 0 Å². The molecule has 0 heterocycles. The van der Waals surface area contributed by atoms with Gasteiger partial charge in [0, 0.05) is 0 Å². The van der Waals surface area contributed by atoms with Gasteiger partial charge in [0.2, 0.25) is 0 Å². The van der Waals surface area contributed by atoms with Crippen LogP contribution in [-0.4, -0.2) is 32.9 Å². The quantitative estimate of drug-likeness (QED) is 0.551. The van der Waals surface area contributed by atoms with Crippen LogP contribution in [0.5, 0.6) is 0 Å². The summed E-state index contributed by atoms with van der Waals surface area (Å²) in [4.78, 5) is 20.6. The van der Waals surface area contributed by atoms with E-state index in [-0.39, 0.29) is 6.42 Å². The van der Waals surface area contributed by atoms with Crippen molar-refractivity contribution in [3.05, 3.63) is 0 Å². The van der Waals surface area contributed by atoms with E-state index in [0.717, 1.165) is 0 Å². The van der Waals surface area contributed by atoms with E-state index in [2.05, 4.69) is 0 Å². The van der Waals surface area contributed by atoms with Gasteiger partial charge in [0.25, 0.3) is 0 Å². The summed E-state index contributed by atoms with van der Waals surface area (Å²) in [5.41, 5.74) is -2.11. The van der Waals surface area contributed by atoms with Crippen molar-refractivity contribution in [2.24, 2.45) is 0 Å². The molecule has 0 aliphatic carbocycles. The minimum atomic E-state index is -2.11. The molecular formula is C7H12O5. The number of aliphatic carboxylic acids is 2. The summed E-state index contributed by atoms with van der Waals surface area (Å²) >= 11 is 0. The first-order chi connectivity index (χ1) is 5.42. The van der Waals surface area contributed by atoms with Crippen LogP contribution in [0.4, 0.5) is 0 Å². The molecule has 0 bridgehead atoms. The largest absolute Gasteiger partial charge is 0.481 e. The maximum Gasteiger partial charge on any atom is 0.336 e. The summed E-state index contributed by atoms with van der Waals surface area (Å²) in [7, 11) is 0. The number of rotatable bonds is 5. The predicted octanol–water partition coefficient (Wildman–Crippen LogP) is 0.0769. The molecule has 12 heavy (non-hydrogen) atoms. The van der Waals surface area contributed by atoms with E-state index in [9.17, 15) is 14.7 Å². The lowest BCUT2D eigenvalue weighted by Gasteiger charge is -2.19. The highest BCUT2D eigenvalue weighted by atomic mass is 16.4. The van der Waals surface area contributed by atoms with Crippen molar-refractivity contribution in [3.63, 3.8) is 0 Å². The number of carboxylic acid groups (broad SMARTS) is 2. The minimum Gasteiger partial charge on any atom is -0.481 e. The number of aliphatic hydroxyl groups is 1. The Morgan fingerprint density at radius 2 is 1.83 bits per heavy atom. The van der Waals surface area contributed by atoms with Gasteiger partial charge in [-0.3, -0.25) is 4.79 Å². The Kier molecular flexibility index (Phi) is 3.69. The molecule has 70 valence electrons. The fourth-order valence-corrected chi connectivity index (χ4v) is 0.935. The van der Waals surface area contributed by atoms with Gasteiger partial charge in [-0.05, 0) is 6.42 Å². The van der Waals surface area contributed by atoms with E-state index < -0.39 is 24.0 Å². The number of carboxylic acids is 2. The van der Waals surface area contributed by atoms with E-state index in [1.165, 1.54) is 0 Å². The second-order valence-electron chi connectivity index (χ2n) is 2.66. The van der Waals surface area contributed by atoms with Crippen LogP contribution in [0, 0.1) is 0 Å². The molecule has 0 aromatic carbocycles. The van der Waals surface area contributed by atoms with E-state index in [1.54, 1.807) is 6.92 Å². The Morgan fingerprint density at radius 1 is 1.33 bits per heavy atom. The lowest BCUT2D eigenvalue weighted by atomic mass is 9.94. The zero-order chi connectivity index (χ0) is 9.78. The summed E-state index contributed by atoms with van der Waals surface area (Å²) in [5.74, 6) is -2.79. The van der Waals surface area contributed by atoms with Crippen molar-refractivity contribution in [2.45, 2.75) is 31.8 Å². The molecule has 0 aliphatic rings. The molecule has 0 spiro atoms. The van der Waals surface area contributed by atoms with Gasteiger partial charge in [-0.15, -0.1) is 0 Å². The minimum absolute atomic E-state index is 0.0470. The first-order valence-corrected chi connectivity index (χ1v) is 3.60. The second kappa shape index (κ2) is 4.06. The third-order valence-electron chi connectivity index (χ3n) is 1.51. The van der Waals surface area contributed by atoms with Gasteiger partial charge in [0.15, 0.2) is 5.60 Å². The van der Waals surface area contributed by atoms with Gasteiger partial charge in [-0.25, -0.2) is 4.79 Å². The van der Waals surface area contributed by atoms with E-state index >= 15 is 0 Å². The molecule has 0 radical (unpaired) electrons. The smallest absolute Gasteiger partial charge is 0.336 e. The van der Waals surface area contributed by atoms with E-state index in [0.29, 0.717) is 6.42 Å². The molecule has 0 saturated heterocycles. The van der Waals surface area contributed by atoms with Crippen LogP contribution in [0.2, 0.25) is 0 Å².